The molecule has 174 valence electrons. The Labute approximate surface area is 195 Å². The van der Waals surface area contributed by atoms with Gasteiger partial charge in [-0.25, -0.2) is 0 Å². The molecule has 0 bridgehead atoms. The van der Waals surface area contributed by atoms with E-state index in [0.717, 1.165) is 71.1 Å². The quantitative estimate of drug-likeness (QED) is 0.364. The van der Waals surface area contributed by atoms with Gasteiger partial charge < -0.3 is 14.7 Å². The second-order valence-corrected chi connectivity index (χ2v) is 8.90. The van der Waals surface area contributed by atoms with Crippen molar-refractivity contribution in [2.75, 3.05) is 58.9 Å². The normalized spacial score (nSPS) is 18.8. The highest BCUT2D eigenvalue weighted by atomic mass is 15.3. The smallest absolute Gasteiger partial charge is 0.0958 e. The minimum absolute atomic E-state index is 0.863. The number of aliphatic imine (C=N–C) groups is 1. The van der Waals surface area contributed by atoms with Crippen molar-refractivity contribution in [2.24, 2.45) is 4.99 Å². The topological polar surface area (TPSA) is 25.3 Å². The first-order valence-electron chi connectivity index (χ1n) is 12.0. The summed E-state index contributed by atoms with van der Waals surface area (Å²) in [6.07, 6.45) is 3.96. The molecule has 2 aliphatic rings. The van der Waals surface area contributed by atoms with Crippen molar-refractivity contribution in [2.45, 2.75) is 34.2 Å². The molecule has 0 atom stereocenters. The molecule has 1 aromatic rings. The summed E-state index contributed by atoms with van der Waals surface area (Å²) >= 11 is 0. The van der Waals surface area contributed by atoms with Crippen molar-refractivity contribution in [1.82, 2.24) is 19.6 Å². The van der Waals surface area contributed by atoms with Gasteiger partial charge in [0.05, 0.1) is 5.84 Å². The summed E-state index contributed by atoms with van der Waals surface area (Å²) in [4.78, 5) is 14.4. The van der Waals surface area contributed by atoms with Gasteiger partial charge in [0.25, 0.3) is 0 Å². The molecule has 5 nitrogen and oxygen atoms in total. The van der Waals surface area contributed by atoms with E-state index in [9.17, 15) is 0 Å². The Morgan fingerprint density at radius 3 is 2.22 bits per heavy atom. The first-order valence-corrected chi connectivity index (χ1v) is 12.0. The van der Waals surface area contributed by atoms with Crippen molar-refractivity contribution >= 4 is 11.5 Å². The van der Waals surface area contributed by atoms with Crippen LogP contribution in [0.2, 0.25) is 0 Å². The van der Waals surface area contributed by atoms with Gasteiger partial charge in [0, 0.05) is 82.4 Å². The number of nitrogens with zero attached hydrogens (tertiary/aromatic N) is 5. The Bertz CT molecular complexity index is 853. The van der Waals surface area contributed by atoms with Gasteiger partial charge in [0.15, 0.2) is 0 Å². The van der Waals surface area contributed by atoms with Crippen molar-refractivity contribution < 1.29 is 0 Å². The van der Waals surface area contributed by atoms with Crippen LogP contribution >= 0.6 is 0 Å². The molecule has 0 amide bonds. The third-order valence-corrected chi connectivity index (χ3v) is 6.76. The van der Waals surface area contributed by atoms with Crippen LogP contribution in [-0.4, -0.2) is 84.3 Å². The highest BCUT2D eigenvalue weighted by molar-refractivity contribution is 5.79. The van der Waals surface area contributed by atoms with E-state index in [1.165, 1.54) is 28.2 Å². The molecule has 0 saturated carbocycles. The highest BCUT2D eigenvalue weighted by Crippen LogP contribution is 2.25. The van der Waals surface area contributed by atoms with E-state index in [1.807, 2.05) is 6.08 Å². The van der Waals surface area contributed by atoms with Gasteiger partial charge in [0.1, 0.15) is 0 Å². The van der Waals surface area contributed by atoms with Crippen LogP contribution in [0.1, 0.15) is 37.5 Å². The molecule has 1 aromatic carbocycles. The number of aryl methyl sites for hydroxylation is 1. The van der Waals surface area contributed by atoms with Crippen LogP contribution in [0.3, 0.4) is 0 Å². The lowest BCUT2D eigenvalue weighted by atomic mass is 10.0. The minimum atomic E-state index is 0.863. The Balaban J connectivity index is 1.59. The van der Waals surface area contributed by atoms with E-state index < -0.39 is 0 Å². The molecule has 0 spiro atoms. The highest BCUT2D eigenvalue weighted by Gasteiger charge is 2.21. The first-order chi connectivity index (χ1) is 15.4. The second kappa shape index (κ2) is 11.4. The molecule has 2 heterocycles. The average Bonchev–Trinajstić information content (AvgIpc) is 2.81. The second-order valence-electron chi connectivity index (χ2n) is 8.90. The predicted molar refractivity (Wildman–Crippen MR) is 138 cm³/mol. The van der Waals surface area contributed by atoms with Crippen LogP contribution in [0.15, 0.2) is 54.2 Å². The Morgan fingerprint density at radius 1 is 0.969 bits per heavy atom. The zero-order valence-electron chi connectivity index (χ0n) is 20.6. The van der Waals surface area contributed by atoms with Gasteiger partial charge in [-0.15, -0.1) is 0 Å². The number of benzene rings is 1. The van der Waals surface area contributed by atoms with Crippen molar-refractivity contribution in [3.63, 3.8) is 0 Å². The number of hydrogen-bond donors (Lipinski definition) is 0. The van der Waals surface area contributed by atoms with Crippen LogP contribution in [0.25, 0.3) is 5.70 Å². The SMILES string of the molecule is C=C/C=C(\C)N1CCN(C(=C)c2cc(CN3CCN(C(C)=NCC)CC3)ccc2C)CC1. The van der Waals surface area contributed by atoms with E-state index in [2.05, 4.69) is 89.7 Å². The minimum Gasteiger partial charge on any atom is -0.371 e. The van der Waals surface area contributed by atoms with Gasteiger partial charge in [-0.3, -0.25) is 9.89 Å². The number of rotatable bonds is 7. The van der Waals surface area contributed by atoms with Crippen LogP contribution in [-0.2, 0) is 6.54 Å². The largest absolute Gasteiger partial charge is 0.371 e. The maximum Gasteiger partial charge on any atom is 0.0958 e. The molecule has 2 aliphatic heterocycles. The lowest BCUT2D eigenvalue weighted by Crippen LogP contribution is -2.47. The van der Waals surface area contributed by atoms with Gasteiger partial charge in [-0.1, -0.05) is 31.4 Å². The van der Waals surface area contributed by atoms with Crippen LogP contribution in [0.4, 0.5) is 0 Å². The molecule has 0 N–H and O–H groups in total. The first kappa shape index (κ1) is 24.1. The van der Waals surface area contributed by atoms with Gasteiger partial charge in [0.2, 0.25) is 0 Å². The third kappa shape index (κ3) is 6.04. The summed E-state index contributed by atoms with van der Waals surface area (Å²) in [5, 5.41) is 0. The summed E-state index contributed by atoms with van der Waals surface area (Å²) in [6, 6.07) is 6.91. The summed E-state index contributed by atoms with van der Waals surface area (Å²) in [5.41, 5.74) is 6.42. The number of amidine groups is 1. The summed E-state index contributed by atoms with van der Waals surface area (Å²) in [5.74, 6) is 1.18. The molecule has 32 heavy (non-hydrogen) atoms. The maximum atomic E-state index is 4.57. The maximum absolute atomic E-state index is 4.57. The van der Waals surface area contributed by atoms with Crippen molar-refractivity contribution in [3.8, 4) is 0 Å². The number of allylic oxidation sites excluding steroid dienone is 3. The lowest BCUT2D eigenvalue weighted by molar-refractivity contribution is 0.174. The molecule has 3 rings (SSSR count). The molecule has 0 aliphatic carbocycles. The molecular weight excluding hydrogens is 394 g/mol. The third-order valence-electron chi connectivity index (χ3n) is 6.76. The zero-order valence-corrected chi connectivity index (χ0v) is 20.6. The average molecular weight is 436 g/mol. The molecular formula is C27H41N5. The Morgan fingerprint density at radius 2 is 1.59 bits per heavy atom. The summed E-state index contributed by atoms with van der Waals surface area (Å²) in [7, 11) is 0. The lowest BCUT2D eigenvalue weighted by Gasteiger charge is -2.39. The van der Waals surface area contributed by atoms with Crippen LogP contribution in [0, 0.1) is 6.92 Å². The fourth-order valence-corrected chi connectivity index (χ4v) is 4.67. The van der Waals surface area contributed by atoms with Gasteiger partial charge in [-0.2, -0.15) is 0 Å². The van der Waals surface area contributed by atoms with E-state index >= 15 is 0 Å². The molecule has 0 unspecified atom stereocenters. The zero-order chi connectivity index (χ0) is 23.1. The summed E-state index contributed by atoms with van der Waals surface area (Å²) in [6.45, 7) is 27.1. The van der Waals surface area contributed by atoms with Crippen LogP contribution < -0.4 is 0 Å². The molecule has 2 fully saturated rings. The van der Waals surface area contributed by atoms with Crippen LogP contribution in [0.5, 0.6) is 0 Å². The van der Waals surface area contributed by atoms with Crippen molar-refractivity contribution in [1.29, 1.82) is 0 Å². The molecule has 0 radical (unpaired) electrons. The molecule has 2 saturated heterocycles. The van der Waals surface area contributed by atoms with E-state index in [1.54, 1.807) is 0 Å². The number of hydrogen-bond acceptors (Lipinski definition) is 4. The molecule has 5 heteroatoms. The summed E-state index contributed by atoms with van der Waals surface area (Å²) < 4.78 is 0. The molecule has 0 aromatic heterocycles. The fourth-order valence-electron chi connectivity index (χ4n) is 4.67. The van der Waals surface area contributed by atoms with Gasteiger partial charge in [-0.05, 0) is 51.0 Å². The fraction of sp³-hybridized carbons (Fsp3) is 0.519. The van der Waals surface area contributed by atoms with Gasteiger partial charge >= 0.3 is 0 Å². The van der Waals surface area contributed by atoms with E-state index in [0.29, 0.717) is 0 Å². The van der Waals surface area contributed by atoms with Crippen molar-refractivity contribution in [3.05, 3.63) is 65.9 Å². The monoisotopic (exact) mass is 435 g/mol. The predicted octanol–water partition coefficient (Wildman–Crippen LogP) is 4.23. The Hall–Kier alpha value is -2.53. The number of piperazine rings is 2. The Kier molecular flexibility index (Phi) is 8.57. The standard InChI is InChI=1S/C27H41N5/c1-7-9-23(4)30-16-18-31(19-17-30)24(5)27-20-26(11-10-22(27)3)21-29-12-14-32(15-13-29)25(6)28-8-2/h7,9-11,20H,1,5,8,12-19,21H2,2-4,6H3/b23-9+,28-25?. The van der Waals surface area contributed by atoms with E-state index in [-0.39, 0.29) is 0 Å². The van der Waals surface area contributed by atoms with E-state index in [4.69, 9.17) is 0 Å².